The van der Waals surface area contributed by atoms with Gasteiger partial charge in [0.25, 0.3) is 0 Å². The molecule has 61 heavy (non-hydrogen) atoms. The number of fused-ring (bicyclic) bond motifs is 1. The Morgan fingerprint density at radius 1 is 0.869 bits per heavy atom. The lowest BCUT2D eigenvalue weighted by Crippen LogP contribution is -2.61. The molecule has 21 heteroatoms. The molecule has 2 saturated heterocycles. The molecule has 0 saturated carbocycles. The van der Waals surface area contributed by atoms with Gasteiger partial charge in [-0.3, -0.25) is 33.8 Å². The van der Waals surface area contributed by atoms with E-state index in [1.807, 2.05) is 38.1 Å². The molecule has 1 aromatic heterocycles. The van der Waals surface area contributed by atoms with Crippen molar-refractivity contribution in [1.82, 2.24) is 36.1 Å². The summed E-state index contributed by atoms with van der Waals surface area (Å²) in [6.45, 7) is 4.85. The zero-order valence-corrected chi connectivity index (χ0v) is 34.8. The number of nitrogens with two attached hydrogens (primary N) is 3. The van der Waals surface area contributed by atoms with Crippen molar-refractivity contribution in [3.63, 3.8) is 0 Å². The summed E-state index contributed by atoms with van der Waals surface area (Å²) in [5, 5.41) is 40.6. The number of carboxylic acids is 1. The topological polar surface area (TPSA) is 341 Å². The number of carbonyl (C=O) groups is 7. The summed E-state index contributed by atoms with van der Waals surface area (Å²) in [6, 6.07) is -1.26. The second-order valence-corrected chi connectivity index (χ2v) is 16.1. The summed E-state index contributed by atoms with van der Waals surface area (Å²) in [4.78, 5) is 104. The first-order valence-electron chi connectivity index (χ1n) is 20.6. The zero-order chi connectivity index (χ0) is 45.0. The fraction of sp³-hybridized carbons (Fsp3) is 0.600. The predicted molar refractivity (Wildman–Crippen MR) is 223 cm³/mol. The average molecular weight is 856 g/mol. The Morgan fingerprint density at radius 3 is 2.16 bits per heavy atom. The number of carboxylic acid groups (broad SMARTS) is 1. The molecular weight excluding hydrogens is 795 g/mol. The van der Waals surface area contributed by atoms with Crippen molar-refractivity contribution in [2.75, 3.05) is 26.2 Å². The van der Waals surface area contributed by atoms with E-state index in [0.717, 1.165) is 10.9 Å². The molecule has 8 atom stereocenters. The molecule has 336 valence electrons. The van der Waals surface area contributed by atoms with Gasteiger partial charge in [-0.1, -0.05) is 32.0 Å². The number of benzene rings is 1. The monoisotopic (exact) mass is 855 g/mol. The molecule has 0 aliphatic carbocycles. The molecule has 0 spiro atoms. The third-order valence-corrected chi connectivity index (χ3v) is 10.9. The molecule has 21 nitrogen and oxygen atoms in total. The molecule has 14 N–H and O–H groups in total. The Bertz CT molecular complexity index is 1920. The minimum absolute atomic E-state index is 0.0513. The predicted octanol–water partition coefficient (Wildman–Crippen LogP) is -2.48. The van der Waals surface area contributed by atoms with E-state index in [2.05, 4.69) is 31.2 Å². The van der Waals surface area contributed by atoms with Crippen molar-refractivity contribution in [2.24, 2.45) is 28.1 Å². The number of aliphatic imine (C=N–C) groups is 1. The molecule has 2 fully saturated rings. The summed E-state index contributed by atoms with van der Waals surface area (Å²) < 4.78 is 0. The molecule has 6 amide bonds. The third-order valence-electron chi connectivity index (χ3n) is 10.9. The van der Waals surface area contributed by atoms with Crippen LogP contribution in [0.15, 0.2) is 35.5 Å². The number of rotatable bonds is 21. The molecule has 2 aromatic rings. The van der Waals surface area contributed by atoms with Crippen molar-refractivity contribution < 1.29 is 48.9 Å². The molecule has 3 heterocycles. The lowest BCUT2D eigenvalue weighted by Gasteiger charge is -2.34. The van der Waals surface area contributed by atoms with Gasteiger partial charge in [0.15, 0.2) is 5.96 Å². The van der Waals surface area contributed by atoms with E-state index in [0.29, 0.717) is 31.2 Å². The lowest BCUT2D eigenvalue weighted by atomic mass is 9.99. The number of aliphatic hydroxyl groups excluding tert-OH is 2. The van der Waals surface area contributed by atoms with E-state index in [1.54, 1.807) is 6.20 Å². The van der Waals surface area contributed by atoms with Crippen molar-refractivity contribution in [1.29, 1.82) is 0 Å². The van der Waals surface area contributed by atoms with Crippen LogP contribution in [0.5, 0.6) is 0 Å². The van der Waals surface area contributed by atoms with Gasteiger partial charge < -0.3 is 68.6 Å². The quantitative estimate of drug-likeness (QED) is 0.0352. The van der Waals surface area contributed by atoms with Gasteiger partial charge in [0.05, 0.1) is 12.7 Å². The number of aromatic nitrogens is 1. The normalized spacial score (nSPS) is 19.3. The molecule has 1 aromatic carbocycles. The lowest BCUT2D eigenvalue weighted by molar-refractivity contribution is -0.149. The number of aliphatic hydroxyl groups is 2. The molecule has 0 radical (unpaired) electrons. The van der Waals surface area contributed by atoms with Crippen LogP contribution in [0, 0.1) is 5.92 Å². The van der Waals surface area contributed by atoms with Gasteiger partial charge in [-0.05, 0) is 69.4 Å². The van der Waals surface area contributed by atoms with E-state index in [1.165, 1.54) is 16.7 Å². The van der Waals surface area contributed by atoms with Gasteiger partial charge in [0.2, 0.25) is 35.4 Å². The maximum Gasteiger partial charge on any atom is 0.326 e. The molecule has 4 rings (SSSR count). The van der Waals surface area contributed by atoms with Crippen LogP contribution in [0.4, 0.5) is 0 Å². The van der Waals surface area contributed by atoms with E-state index in [4.69, 9.17) is 17.2 Å². The minimum atomic E-state index is -1.56. The Morgan fingerprint density at radius 2 is 1.52 bits per heavy atom. The van der Waals surface area contributed by atoms with Gasteiger partial charge in [0, 0.05) is 43.2 Å². The first kappa shape index (κ1) is 47.9. The zero-order valence-electron chi connectivity index (χ0n) is 34.8. The summed E-state index contributed by atoms with van der Waals surface area (Å²) in [7, 11) is 0. The van der Waals surface area contributed by atoms with Gasteiger partial charge in [-0.2, -0.15) is 0 Å². The van der Waals surface area contributed by atoms with Gasteiger partial charge in [0.1, 0.15) is 42.3 Å². The van der Waals surface area contributed by atoms with Crippen molar-refractivity contribution in [3.8, 4) is 0 Å². The van der Waals surface area contributed by atoms with E-state index in [-0.39, 0.29) is 57.2 Å². The van der Waals surface area contributed by atoms with Crippen LogP contribution in [0.1, 0.15) is 71.3 Å². The van der Waals surface area contributed by atoms with E-state index >= 15 is 0 Å². The fourth-order valence-electron chi connectivity index (χ4n) is 7.72. The second-order valence-electron chi connectivity index (χ2n) is 16.1. The number of hydrogen-bond acceptors (Lipinski definition) is 11. The fourth-order valence-corrected chi connectivity index (χ4v) is 7.72. The summed E-state index contributed by atoms with van der Waals surface area (Å²) >= 11 is 0. The number of likely N-dealkylation sites (tertiary alicyclic amines) is 2. The Labute approximate surface area is 353 Å². The van der Waals surface area contributed by atoms with Crippen LogP contribution in [0.2, 0.25) is 0 Å². The molecule has 2 aliphatic heterocycles. The molecular formula is C40H61N11O10. The number of nitrogens with zero attached hydrogens (tertiary/aromatic N) is 3. The number of carbonyl (C=O) groups excluding carboxylic acids is 6. The van der Waals surface area contributed by atoms with Crippen LogP contribution in [0.25, 0.3) is 10.9 Å². The maximum atomic E-state index is 14.5. The standard InChI is InChI=1S/C40H61N11O10/c1-21(2)17-29(37(58)51-16-8-13-31(51)38(59)50-15-7-12-30(50)35(56)46-27(39(60)61)11-6-14-44-40(42)43)48-34(55)28(18-23-19-45-26-10-5-4-9-24(23)26)47-36(57)32(22(3)53)49-33(54)25(41)20-52/h4-5,9-10,19,21-22,25,27-32,45,52-53H,6-8,11-18,20,41H2,1-3H3,(H,46,56)(H,47,57)(H,48,55)(H,49,54)(H,60,61)(H4,42,43,44)/t22-,25+,27+,28+,29+,30+,31+,32+/m1/s1. The third kappa shape index (κ3) is 12.9. The Hall–Kier alpha value is -5.80. The van der Waals surface area contributed by atoms with Gasteiger partial charge in [-0.15, -0.1) is 0 Å². The largest absolute Gasteiger partial charge is 0.480 e. The van der Waals surface area contributed by atoms with Crippen molar-refractivity contribution >= 4 is 58.3 Å². The second kappa shape index (κ2) is 22.2. The van der Waals surface area contributed by atoms with E-state index in [9.17, 15) is 48.9 Å². The average Bonchev–Trinajstić information content (AvgIpc) is 4.00. The Balaban J connectivity index is 1.54. The summed E-state index contributed by atoms with van der Waals surface area (Å²) in [6.07, 6.45) is 2.22. The number of guanidine groups is 1. The number of hydrogen-bond donors (Lipinski definition) is 11. The van der Waals surface area contributed by atoms with Gasteiger partial charge >= 0.3 is 5.97 Å². The number of aromatic amines is 1. The number of para-hydroxylation sites is 1. The first-order valence-corrected chi connectivity index (χ1v) is 20.6. The van der Waals surface area contributed by atoms with Crippen LogP contribution in [0.3, 0.4) is 0 Å². The maximum absolute atomic E-state index is 14.5. The number of aliphatic carboxylic acids is 1. The van der Waals surface area contributed by atoms with Crippen LogP contribution < -0.4 is 38.5 Å². The highest BCUT2D eigenvalue weighted by Crippen LogP contribution is 2.27. The summed E-state index contributed by atoms with van der Waals surface area (Å²) in [5.74, 6) is -5.70. The van der Waals surface area contributed by atoms with Crippen molar-refractivity contribution in [3.05, 3.63) is 36.0 Å². The van der Waals surface area contributed by atoms with Crippen molar-refractivity contribution in [2.45, 2.75) is 121 Å². The highest BCUT2D eigenvalue weighted by Gasteiger charge is 2.44. The molecule has 0 bridgehead atoms. The molecule has 0 unspecified atom stereocenters. The minimum Gasteiger partial charge on any atom is -0.480 e. The van der Waals surface area contributed by atoms with Crippen LogP contribution in [-0.4, -0.2) is 152 Å². The molecule has 2 aliphatic rings. The Kier molecular flexibility index (Phi) is 17.4. The summed E-state index contributed by atoms with van der Waals surface area (Å²) in [5.41, 5.74) is 17.7. The first-order chi connectivity index (χ1) is 28.9. The number of nitrogens with one attached hydrogen (secondary N) is 5. The van der Waals surface area contributed by atoms with E-state index < -0.39 is 96.4 Å². The van der Waals surface area contributed by atoms with Gasteiger partial charge in [-0.25, -0.2) is 4.79 Å². The van der Waals surface area contributed by atoms with Crippen LogP contribution >= 0.6 is 0 Å². The SMILES string of the molecule is CC(C)C[C@H](NC(=O)[C@H](Cc1c[nH]c2ccccc12)NC(=O)[C@@H](NC(=O)[C@@H](N)CO)[C@@H](C)O)C(=O)N1CCC[C@H]1C(=O)N1CCC[C@H]1C(=O)N[C@@H](CCCN=C(N)N)C(=O)O. The highest BCUT2D eigenvalue weighted by molar-refractivity contribution is 5.98. The number of amides is 6. The van der Waals surface area contributed by atoms with Crippen LogP contribution in [-0.2, 0) is 40.0 Å². The number of H-pyrrole nitrogens is 1. The highest BCUT2D eigenvalue weighted by atomic mass is 16.4. The smallest absolute Gasteiger partial charge is 0.326 e.